The second-order valence-electron chi connectivity index (χ2n) is 4.79. The molecule has 0 spiro atoms. The third-order valence-electron chi connectivity index (χ3n) is 3.33. The average molecular weight is 336 g/mol. The van der Waals surface area contributed by atoms with Crippen molar-refractivity contribution in [1.82, 2.24) is 4.90 Å². The first-order valence-electron chi connectivity index (χ1n) is 6.43. The number of halogens is 2. The van der Waals surface area contributed by atoms with Crippen molar-refractivity contribution >= 4 is 37.2 Å². The van der Waals surface area contributed by atoms with Crippen LogP contribution in [0.15, 0.2) is 23.1 Å². The lowest BCUT2D eigenvalue weighted by Gasteiger charge is -2.20. The van der Waals surface area contributed by atoms with E-state index in [9.17, 15) is 13.2 Å². The Hall–Kier alpha value is -0.780. The number of rotatable bonds is 2. The Balaban J connectivity index is 2.30. The summed E-state index contributed by atoms with van der Waals surface area (Å²) < 4.78 is 22.8. The van der Waals surface area contributed by atoms with Gasteiger partial charge >= 0.3 is 0 Å². The van der Waals surface area contributed by atoms with Crippen LogP contribution in [0, 0.1) is 0 Å². The number of benzene rings is 1. The second-order valence-corrected chi connectivity index (χ2v) is 7.73. The molecule has 0 radical (unpaired) electrons. The van der Waals surface area contributed by atoms with E-state index in [1.54, 1.807) is 4.90 Å². The number of hydrogen-bond donors (Lipinski definition) is 0. The molecule has 1 aliphatic heterocycles. The maximum Gasteiger partial charge on any atom is 0.262 e. The molecule has 1 amide bonds. The summed E-state index contributed by atoms with van der Waals surface area (Å²) in [5.74, 6) is -0.176. The van der Waals surface area contributed by atoms with E-state index < -0.39 is 9.05 Å². The van der Waals surface area contributed by atoms with E-state index in [2.05, 4.69) is 0 Å². The van der Waals surface area contributed by atoms with Gasteiger partial charge in [-0.05, 0) is 31.0 Å². The van der Waals surface area contributed by atoms with E-state index >= 15 is 0 Å². The van der Waals surface area contributed by atoms with Crippen LogP contribution >= 0.6 is 22.3 Å². The fraction of sp³-hybridized carbons (Fsp3) is 0.462. The molecule has 20 heavy (non-hydrogen) atoms. The van der Waals surface area contributed by atoms with Gasteiger partial charge in [0.25, 0.3) is 15.0 Å². The first kappa shape index (κ1) is 15.6. The van der Waals surface area contributed by atoms with Crippen LogP contribution in [0.3, 0.4) is 0 Å². The van der Waals surface area contributed by atoms with Gasteiger partial charge in [-0.2, -0.15) is 0 Å². The number of hydrogen-bond acceptors (Lipinski definition) is 3. The normalized spacial score (nSPS) is 16.8. The molecular weight excluding hydrogens is 321 g/mol. The molecular formula is C13H15Cl2NO3S. The van der Waals surface area contributed by atoms with Crippen molar-refractivity contribution in [3.8, 4) is 0 Å². The van der Waals surface area contributed by atoms with Gasteiger partial charge in [0, 0.05) is 29.3 Å². The summed E-state index contributed by atoms with van der Waals surface area (Å²) in [6.07, 6.45) is 4.18. The maximum atomic E-state index is 12.4. The first-order chi connectivity index (χ1) is 9.39. The Morgan fingerprint density at radius 2 is 1.70 bits per heavy atom. The zero-order chi connectivity index (χ0) is 14.8. The Bertz CT molecular complexity index is 608. The van der Waals surface area contributed by atoms with Gasteiger partial charge in [-0.25, -0.2) is 8.42 Å². The molecule has 1 aliphatic rings. The molecule has 1 aromatic carbocycles. The first-order valence-corrected chi connectivity index (χ1v) is 9.12. The number of nitrogens with zero attached hydrogens (tertiary/aromatic N) is 1. The molecule has 0 aromatic heterocycles. The zero-order valence-corrected chi connectivity index (χ0v) is 13.1. The smallest absolute Gasteiger partial charge is 0.262 e. The van der Waals surface area contributed by atoms with Crippen molar-refractivity contribution in [2.24, 2.45) is 0 Å². The summed E-state index contributed by atoms with van der Waals surface area (Å²) in [6, 6.07) is 4.17. The highest BCUT2D eigenvalue weighted by Gasteiger charge is 2.21. The molecule has 1 saturated heterocycles. The lowest BCUT2D eigenvalue weighted by atomic mass is 10.2. The molecule has 0 aliphatic carbocycles. The topological polar surface area (TPSA) is 54.5 Å². The predicted molar refractivity (Wildman–Crippen MR) is 78.9 cm³/mol. The number of likely N-dealkylation sites (tertiary alicyclic amines) is 1. The monoisotopic (exact) mass is 335 g/mol. The number of amides is 1. The summed E-state index contributed by atoms with van der Waals surface area (Å²) in [6.45, 7) is 1.40. The number of carbonyl (C=O) groups is 1. The van der Waals surface area contributed by atoms with Gasteiger partial charge in [0.05, 0.1) is 5.02 Å². The van der Waals surface area contributed by atoms with Gasteiger partial charge in [0.2, 0.25) is 0 Å². The second kappa shape index (κ2) is 6.33. The third kappa shape index (κ3) is 3.65. The molecule has 1 aromatic rings. The summed E-state index contributed by atoms with van der Waals surface area (Å²) in [7, 11) is 1.36. The van der Waals surface area contributed by atoms with Gasteiger partial charge in [-0.15, -0.1) is 0 Å². The van der Waals surface area contributed by atoms with E-state index in [1.807, 2.05) is 0 Å². The minimum Gasteiger partial charge on any atom is -0.339 e. The van der Waals surface area contributed by atoms with Crippen molar-refractivity contribution < 1.29 is 13.2 Å². The molecule has 0 bridgehead atoms. The standard InChI is InChI=1S/C13H15Cl2NO3S/c14-11-6-5-10(9-12(11)20(15,18)19)13(17)16-7-3-1-2-4-8-16/h5-6,9H,1-4,7-8H2. The van der Waals surface area contributed by atoms with Crippen molar-refractivity contribution in [2.75, 3.05) is 13.1 Å². The van der Waals surface area contributed by atoms with Gasteiger partial charge < -0.3 is 4.90 Å². The van der Waals surface area contributed by atoms with Crippen LogP contribution in [-0.2, 0) is 9.05 Å². The van der Waals surface area contributed by atoms with Crippen LogP contribution < -0.4 is 0 Å². The molecule has 0 N–H and O–H groups in total. The van der Waals surface area contributed by atoms with Crippen LogP contribution in [0.25, 0.3) is 0 Å². The van der Waals surface area contributed by atoms with Gasteiger partial charge in [-0.1, -0.05) is 24.4 Å². The molecule has 4 nitrogen and oxygen atoms in total. The van der Waals surface area contributed by atoms with Gasteiger partial charge in [0.1, 0.15) is 4.90 Å². The van der Waals surface area contributed by atoms with Gasteiger partial charge in [-0.3, -0.25) is 4.79 Å². The highest BCUT2D eigenvalue weighted by molar-refractivity contribution is 8.13. The average Bonchev–Trinajstić information content (AvgIpc) is 2.66. The summed E-state index contributed by atoms with van der Waals surface area (Å²) >= 11 is 5.81. The van der Waals surface area contributed by atoms with Crippen LogP contribution in [0.4, 0.5) is 0 Å². The molecule has 7 heteroatoms. The molecule has 0 saturated carbocycles. The molecule has 1 fully saturated rings. The fourth-order valence-electron chi connectivity index (χ4n) is 2.28. The molecule has 2 rings (SSSR count). The highest BCUT2D eigenvalue weighted by atomic mass is 35.7. The quantitative estimate of drug-likeness (QED) is 0.779. The van der Waals surface area contributed by atoms with Crippen molar-refractivity contribution in [1.29, 1.82) is 0 Å². The largest absolute Gasteiger partial charge is 0.339 e. The van der Waals surface area contributed by atoms with Crippen molar-refractivity contribution in [3.05, 3.63) is 28.8 Å². The lowest BCUT2D eigenvalue weighted by Crippen LogP contribution is -2.31. The van der Waals surface area contributed by atoms with E-state index in [1.165, 1.54) is 18.2 Å². The van der Waals surface area contributed by atoms with E-state index in [0.717, 1.165) is 25.7 Å². The maximum absolute atomic E-state index is 12.4. The predicted octanol–water partition coefficient (Wildman–Crippen LogP) is 3.28. The highest BCUT2D eigenvalue weighted by Crippen LogP contribution is 2.26. The van der Waals surface area contributed by atoms with Crippen LogP contribution in [0.5, 0.6) is 0 Å². The van der Waals surface area contributed by atoms with E-state index in [0.29, 0.717) is 18.7 Å². The zero-order valence-electron chi connectivity index (χ0n) is 10.8. The summed E-state index contributed by atoms with van der Waals surface area (Å²) in [4.78, 5) is 13.9. The minimum absolute atomic E-state index is 0.0208. The van der Waals surface area contributed by atoms with Crippen molar-refractivity contribution in [2.45, 2.75) is 30.6 Å². The molecule has 110 valence electrons. The summed E-state index contributed by atoms with van der Waals surface area (Å²) in [5.41, 5.74) is 0.301. The summed E-state index contributed by atoms with van der Waals surface area (Å²) in [5, 5.41) is 0.0208. The Labute approximate surface area is 128 Å². The van der Waals surface area contributed by atoms with Crippen molar-refractivity contribution in [3.63, 3.8) is 0 Å². The van der Waals surface area contributed by atoms with E-state index in [-0.39, 0.29) is 15.8 Å². The van der Waals surface area contributed by atoms with E-state index in [4.69, 9.17) is 22.3 Å². The molecule has 0 atom stereocenters. The number of carbonyl (C=O) groups excluding carboxylic acids is 1. The molecule has 1 heterocycles. The Morgan fingerprint density at radius 1 is 1.10 bits per heavy atom. The van der Waals surface area contributed by atoms with Crippen LogP contribution in [0.2, 0.25) is 5.02 Å². The Kier molecular flexibility index (Phi) is 4.94. The SMILES string of the molecule is O=C(c1ccc(Cl)c(S(=O)(=O)Cl)c1)N1CCCCCC1. The minimum atomic E-state index is -3.96. The Morgan fingerprint density at radius 3 is 2.25 bits per heavy atom. The third-order valence-corrected chi connectivity index (χ3v) is 5.14. The van der Waals surface area contributed by atoms with Gasteiger partial charge in [0.15, 0.2) is 0 Å². The van der Waals surface area contributed by atoms with Crippen LogP contribution in [0.1, 0.15) is 36.0 Å². The fourth-order valence-corrected chi connectivity index (χ4v) is 3.77. The van der Waals surface area contributed by atoms with Crippen LogP contribution in [-0.4, -0.2) is 32.3 Å². The lowest BCUT2D eigenvalue weighted by molar-refractivity contribution is 0.0761. The molecule has 0 unspecified atom stereocenters.